The minimum absolute atomic E-state index is 0.149. The van der Waals surface area contributed by atoms with Crippen molar-refractivity contribution in [1.29, 1.82) is 0 Å². The first-order valence-electron chi connectivity index (χ1n) is 5.60. The molecule has 1 fully saturated rings. The standard InChI is InChI=1S/C11H14Cl2N2O2S/c1-8-7-15(5-4-14-8)18(16,17)9-2-3-10(12)11(13)6-9/h2-3,6,8,14H,4-5,7H2,1H3. The van der Waals surface area contributed by atoms with Gasteiger partial charge in [-0.25, -0.2) is 8.42 Å². The molecule has 0 radical (unpaired) electrons. The average Bonchev–Trinajstić information content (AvgIpc) is 2.32. The molecule has 1 N–H and O–H groups in total. The Morgan fingerprint density at radius 2 is 2.06 bits per heavy atom. The van der Waals surface area contributed by atoms with E-state index in [2.05, 4.69) is 5.32 Å². The molecular formula is C11H14Cl2N2O2S. The van der Waals surface area contributed by atoms with Crippen LogP contribution in [0.4, 0.5) is 0 Å². The fourth-order valence-electron chi connectivity index (χ4n) is 1.90. The maximum absolute atomic E-state index is 12.4. The summed E-state index contributed by atoms with van der Waals surface area (Å²) in [4.78, 5) is 0.186. The Morgan fingerprint density at radius 3 is 2.67 bits per heavy atom. The van der Waals surface area contributed by atoms with E-state index >= 15 is 0 Å². The van der Waals surface area contributed by atoms with Crippen molar-refractivity contribution in [1.82, 2.24) is 9.62 Å². The first-order valence-corrected chi connectivity index (χ1v) is 7.79. The van der Waals surface area contributed by atoms with E-state index in [1.54, 1.807) is 0 Å². The maximum atomic E-state index is 12.4. The molecule has 1 heterocycles. The Bertz CT molecular complexity index is 548. The number of piperazine rings is 1. The lowest BCUT2D eigenvalue weighted by molar-refractivity contribution is 0.310. The van der Waals surface area contributed by atoms with Gasteiger partial charge in [-0.3, -0.25) is 0 Å². The van der Waals surface area contributed by atoms with Crippen molar-refractivity contribution in [3.63, 3.8) is 0 Å². The molecule has 0 spiro atoms. The van der Waals surface area contributed by atoms with Gasteiger partial charge in [0.15, 0.2) is 0 Å². The van der Waals surface area contributed by atoms with Crippen molar-refractivity contribution in [2.24, 2.45) is 0 Å². The molecular weight excluding hydrogens is 295 g/mol. The molecule has 1 aromatic rings. The first kappa shape index (κ1) is 14.1. The lowest BCUT2D eigenvalue weighted by Gasteiger charge is -2.31. The van der Waals surface area contributed by atoms with E-state index in [1.807, 2.05) is 6.92 Å². The van der Waals surface area contributed by atoms with Gasteiger partial charge in [0.1, 0.15) is 0 Å². The van der Waals surface area contributed by atoms with Gasteiger partial charge in [0.2, 0.25) is 10.0 Å². The Morgan fingerprint density at radius 1 is 1.33 bits per heavy atom. The molecule has 1 aliphatic rings. The van der Waals surface area contributed by atoms with E-state index < -0.39 is 10.0 Å². The van der Waals surface area contributed by atoms with Crippen LogP contribution in [0.1, 0.15) is 6.92 Å². The van der Waals surface area contributed by atoms with E-state index in [1.165, 1.54) is 22.5 Å². The molecule has 4 nitrogen and oxygen atoms in total. The minimum atomic E-state index is -3.48. The van der Waals surface area contributed by atoms with Crippen molar-refractivity contribution in [2.75, 3.05) is 19.6 Å². The molecule has 0 bridgehead atoms. The van der Waals surface area contributed by atoms with Crippen molar-refractivity contribution >= 4 is 33.2 Å². The van der Waals surface area contributed by atoms with Gasteiger partial charge >= 0.3 is 0 Å². The number of hydrogen-bond acceptors (Lipinski definition) is 3. The number of nitrogens with zero attached hydrogens (tertiary/aromatic N) is 1. The Labute approximate surface area is 117 Å². The summed E-state index contributed by atoms with van der Waals surface area (Å²) in [5.74, 6) is 0. The van der Waals surface area contributed by atoms with Crippen molar-refractivity contribution in [3.8, 4) is 0 Å². The second-order valence-corrected chi connectivity index (χ2v) is 7.05. The smallest absolute Gasteiger partial charge is 0.243 e. The molecule has 1 aliphatic heterocycles. The predicted molar refractivity (Wildman–Crippen MR) is 72.7 cm³/mol. The highest BCUT2D eigenvalue weighted by Crippen LogP contribution is 2.26. The quantitative estimate of drug-likeness (QED) is 0.909. The van der Waals surface area contributed by atoms with Crippen LogP contribution in [0.3, 0.4) is 0 Å². The summed E-state index contributed by atoms with van der Waals surface area (Å²) in [6.45, 7) is 3.54. The molecule has 18 heavy (non-hydrogen) atoms. The minimum Gasteiger partial charge on any atom is -0.312 e. The summed E-state index contributed by atoms with van der Waals surface area (Å²) < 4.78 is 26.3. The third kappa shape index (κ3) is 2.81. The lowest BCUT2D eigenvalue weighted by atomic mass is 10.3. The van der Waals surface area contributed by atoms with E-state index in [-0.39, 0.29) is 16.0 Å². The van der Waals surface area contributed by atoms with Crippen LogP contribution in [0.15, 0.2) is 23.1 Å². The number of hydrogen-bond donors (Lipinski definition) is 1. The summed E-state index contributed by atoms with van der Waals surface area (Å²) in [7, 11) is -3.48. The van der Waals surface area contributed by atoms with Crippen LogP contribution in [0.2, 0.25) is 10.0 Å². The molecule has 100 valence electrons. The zero-order valence-corrected chi connectivity index (χ0v) is 12.2. The zero-order valence-electron chi connectivity index (χ0n) is 9.86. The third-order valence-electron chi connectivity index (χ3n) is 2.86. The summed E-state index contributed by atoms with van der Waals surface area (Å²) in [5, 5.41) is 3.80. The van der Waals surface area contributed by atoms with Crippen LogP contribution in [-0.4, -0.2) is 38.4 Å². The van der Waals surface area contributed by atoms with E-state index in [9.17, 15) is 8.42 Å². The van der Waals surface area contributed by atoms with Crippen LogP contribution in [0.25, 0.3) is 0 Å². The molecule has 0 saturated carbocycles. The second kappa shape index (κ2) is 5.35. The van der Waals surface area contributed by atoms with Crippen LogP contribution >= 0.6 is 23.2 Å². The van der Waals surface area contributed by atoms with Crippen LogP contribution < -0.4 is 5.32 Å². The molecule has 1 saturated heterocycles. The maximum Gasteiger partial charge on any atom is 0.243 e. The Hall–Kier alpha value is -0.330. The lowest BCUT2D eigenvalue weighted by Crippen LogP contribution is -2.51. The fraction of sp³-hybridized carbons (Fsp3) is 0.455. The number of halogens is 2. The van der Waals surface area contributed by atoms with Crippen molar-refractivity contribution in [2.45, 2.75) is 17.9 Å². The number of nitrogens with one attached hydrogen (secondary N) is 1. The summed E-state index contributed by atoms with van der Waals surface area (Å²) >= 11 is 11.6. The number of sulfonamides is 1. The zero-order chi connectivity index (χ0) is 13.3. The Balaban J connectivity index is 2.32. The van der Waals surface area contributed by atoms with Gasteiger partial charge < -0.3 is 5.32 Å². The van der Waals surface area contributed by atoms with Gasteiger partial charge in [-0.1, -0.05) is 23.2 Å². The highest BCUT2D eigenvalue weighted by atomic mass is 35.5. The van der Waals surface area contributed by atoms with E-state index in [0.717, 1.165) is 0 Å². The predicted octanol–water partition coefficient (Wildman–Crippen LogP) is 1.98. The summed E-state index contributed by atoms with van der Waals surface area (Å²) in [6, 6.07) is 4.53. The van der Waals surface area contributed by atoms with Crippen LogP contribution in [0.5, 0.6) is 0 Å². The van der Waals surface area contributed by atoms with Crippen LogP contribution in [0, 0.1) is 0 Å². The highest BCUT2D eigenvalue weighted by Gasteiger charge is 2.28. The van der Waals surface area contributed by atoms with E-state index in [0.29, 0.717) is 24.7 Å². The van der Waals surface area contributed by atoms with Gasteiger partial charge in [-0.15, -0.1) is 0 Å². The summed E-state index contributed by atoms with van der Waals surface area (Å²) in [6.07, 6.45) is 0. The van der Waals surface area contributed by atoms with Crippen LogP contribution in [-0.2, 0) is 10.0 Å². The van der Waals surface area contributed by atoms with Gasteiger partial charge in [-0.05, 0) is 25.1 Å². The normalized spacial score (nSPS) is 22.1. The first-order chi connectivity index (χ1) is 8.41. The molecule has 0 aromatic heterocycles. The number of benzene rings is 1. The molecule has 0 amide bonds. The molecule has 1 unspecified atom stereocenters. The molecule has 7 heteroatoms. The summed E-state index contributed by atoms with van der Waals surface area (Å²) in [5.41, 5.74) is 0. The van der Waals surface area contributed by atoms with Gasteiger partial charge in [0.05, 0.1) is 14.9 Å². The van der Waals surface area contributed by atoms with Gasteiger partial charge in [0, 0.05) is 25.7 Å². The van der Waals surface area contributed by atoms with E-state index in [4.69, 9.17) is 23.2 Å². The molecule has 0 aliphatic carbocycles. The monoisotopic (exact) mass is 308 g/mol. The molecule has 2 rings (SSSR count). The third-order valence-corrected chi connectivity index (χ3v) is 5.46. The molecule has 1 atom stereocenters. The van der Waals surface area contributed by atoms with Gasteiger partial charge in [-0.2, -0.15) is 4.31 Å². The topological polar surface area (TPSA) is 49.4 Å². The Kier molecular flexibility index (Phi) is 4.18. The molecule has 1 aromatic carbocycles. The van der Waals surface area contributed by atoms with Crippen molar-refractivity contribution < 1.29 is 8.42 Å². The fourth-order valence-corrected chi connectivity index (χ4v) is 3.82. The highest BCUT2D eigenvalue weighted by molar-refractivity contribution is 7.89. The second-order valence-electron chi connectivity index (χ2n) is 4.29. The van der Waals surface area contributed by atoms with Crippen molar-refractivity contribution in [3.05, 3.63) is 28.2 Å². The SMILES string of the molecule is CC1CN(S(=O)(=O)c2ccc(Cl)c(Cl)c2)CCN1. The number of rotatable bonds is 2. The van der Waals surface area contributed by atoms with Gasteiger partial charge in [0.25, 0.3) is 0 Å². The average molecular weight is 309 g/mol. The largest absolute Gasteiger partial charge is 0.312 e.